The van der Waals surface area contributed by atoms with Gasteiger partial charge >= 0.3 is 5.97 Å². The molecule has 0 N–H and O–H groups in total. The third-order valence-electron chi connectivity index (χ3n) is 9.19. The molecule has 8 rings (SSSR count). The summed E-state index contributed by atoms with van der Waals surface area (Å²) < 4.78 is 72.6. The van der Waals surface area contributed by atoms with E-state index in [-0.39, 0.29) is 22.3 Å². The molecule has 3 aliphatic heterocycles. The summed E-state index contributed by atoms with van der Waals surface area (Å²) in [6.07, 6.45) is 5.38. The van der Waals surface area contributed by atoms with Crippen LogP contribution in [0.4, 0.5) is 28.9 Å². The Labute approximate surface area is 245 Å². The van der Waals surface area contributed by atoms with E-state index in [1.807, 2.05) is 24.3 Å². The Hall–Kier alpha value is -4.59. The number of allylic oxidation sites excluding steroid dienone is 1. The zero-order valence-electron chi connectivity index (χ0n) is 23.6. The third-order valence-corrected chi connectivity index (χ3v) is 9.19. The number of nitrogens with zero attached hydrogens (tertiary/aromatic N) is 1. The normalized spacial score (nSPS) is 20.3. The first-order valence-corrected chi connectivity index (χ1v) is 14.2. The fourth-order valence-corrected chi connectivity index (χ4v) is 7.18. The second kappa shape index (κ2) is 8.49. The van der Waals surface area contributed by atoms with Crippen LogP contribution >= 0.6 is 0 Å². The number of esters is 1. The summed E-state index contributed by atoms with van der Waals surface area (Å²) in [5, 5.41) is 0. The van der Waals surface area contributed by atoms with Crippen LogP contribution in [0.1, 0.15) is 69.6 Å². The van der Waals surface area contributed by atoms with Crippen molar-refractivity contribution in [3.05, 3.63) is 122 Å². The Morgan fingerprint density at radius 3 is 2.44 bits per heavy atom. The lowest BCUT2D eigenvalue weighted by Crippen LogP contribution is -2.35. The van der Waals surface area contributed by atoms with E-state index in [2.05, 4.69) is 37.8 Å². The maximum atomic E-state index is 15.8. The Bertz CT molecular complexity index is 1980. The van der Waals surface area contributed by atoms with Crippen LogP contribution in [0.2, 0.25) is 0 Å². The summed E-state index contributed by atoms with van der Waals surface area (Å²) >= 11 is 0. The number of hydrogen-bond donors (Lipinski definition) is 0. The van der Waals surface area contributed by atoms with Crippen molar-refractivity contribution in [2.24, 2.45) is 0 Å². The van der Waals surface area contributed by atoms with Crippen molar-refractivity contribution in [2.75, 3.05) is 11.4 Å². The number of carbonyl (C=O) groups is 1. The maximum absolute atomic E-state index is 15.8. The highest BCUT2D eigenvalue weighted by Crippen LogP contribution is 2.59. The van der Waals surface area contributed by atoms with E-state index in [0.29, 0.717) is 17.9 Å². The van der Waals surface area contributed by atoms with Gasteiger partial charge in [-0.15, -0.1) is 0 Å². The van der Waals surface area contributed by atoms with Gasteiger partial charge < -0.3 is 14.4 Å². The number of benzene rings is 4. The number of aryl methyl sites for hydroxylation is 2. The van der Waals surface area contributed by atoms with Gasteiger partial charge in [0.15, 0.2) is 28.9 Å². The quantitative estimate of drug-likeness (QED) is 0.0975. The van der Waals surface area contributed by atoms with Crippen molar-refractivity contribution < 1.29 is 31.8 Å². The number of halogens is 4. The van der Waals surface area contributed by atoms with E-state index in [1.54, 1.807) is 24.3 Å². The van der Waals surface area contributed by atoms with Crippen molar-refractivity contribution >= 4 is 23.4 Å². The smallest absolute Gasteiger partial charge is 0.343 e. The van der Waals surface area contributed by atoms with Gasteiger partial charge in [-0.2, -0.15) is 0 Å². The van der Waals surface area contributed by atoms with Crippen LogP contribution in [-0.2, 0) is 22.2 Å². The topological polar surface area (TPSA) is 38.8 Å². The monoisotopic (exact) mass is 583 g/mol. The molecule has 0 saturated carbocycles. The molecule has 0 fully saturated rings. The van der Waals surface area contributed by atoms with E-state index in [4.69, 9.17) is 9.47 Å². The molecule has 4 aromatic carbocycles. The standard InChI is InChI=1S/C35H25F4NO3/c1-17-8-13-24-23(14-17)34(2,3)16-40(24)19-10-12-21-25(15-19)42-32-20-7-5-4-6-18(20)9-11-22(32)35(21)27-26(33(41)43-35)28(36)30(38)31(39)29(27)37/h5,7-15H,4,6,16H2,1-3H3. The van der Waals surface area contributed by atoms with Gasteiger partial charge in [-0.1, -0.05) is 55.8 Å². The molecule has 0 aromatic heterocycles. The fourth-order valence-electron chi connectivity index (χ4n) is 7.18. The Morgan fingerprint density at radius 2 is 1.63 bits per heavy atom. The molecule has 0 bridgehead atoms. The van der Waals surface area contributed by atoms with E-state index in [0.717, 1.165) is 35.3 Å². The molecule has 1 aliphatic carbocycles. The van der Waals surface area contributed by atoms with Crippen molar-refractivity contribution in [3.8, 4) is 11.5 Å². The molecule has 1 spiro atoms. The molecule has 216 valence electrons. The van der Waals surface area contributed by atoms with E-state index >= 15 is 8.78 Å². The number of rotatable bonds is 1. The highest BCUT2D eigenvalue weighted by molar-refractivity contribution is 5.98. The van der Waals surface area contributed by atoms with Crippen molar-refractivity contribution in [2.45, 2.75) is 44.6 Å². The first-order chi connectivity index (χ1) is 20.5. The summed E-state index contributed by atoms with van der Waals surface area (Å²) in [5.41, 5.74) is 2.29. The first kappa shape index (κ1) is 26.1. The average molecular weight is 584 g/mol. The second-order valence-electron chi connectivity index (χ2n) is 12.3. The van der Waals surface area contributed by atoms with Gasteiger partial charge in [0, 0.05) is 46.1 Å². The largest absolute Gasteiger partial charge is 0.456 e. The number of anilines is 2. The summed E-state index contributed by atoms with van der Waals surface area (Å²) in [7, 11) is 0. The number of ether oxygens (including phenoxy) is 2. The molecule has 4 aliphatic rings. The molecule has 3 heterocycles. The molecule has 43 heavy (non-hydrogen) atoms. The minimum absolute atomic E-state index is 0.155. The van der Waals surface area contributed by atoms with Crippen molar-refractivity contribution in [1.29, 1.82) is 0 Å². The molecular weight excluding hydrogens is 558 g/mol. The fraction of sp³-hybridized carbons (Fsp3) is 0.229. The predicted molar refractivity (Wildman–Crippen MR) is 153 cm³/mol. The second-order valence-corrected chi connectivity index (χ2v) is 12.3. The van der Waals surface area contributed by atoms with Crippen LogP contribution in [0, 0.1) is 30.2 Å². The Morgan fingerprint density at radius 1 is 0.860 bits per heavy atom. The zero-order valence-corrected chi connectivity index (χ0v) is 23.6. The zero-order chi connectivity index (χ0) is 30.0. The molecule has 8 heteroatoms. The molecule has 4 aromatic rings. The van der Waals surface area contributed by atoms with Gasteiger partial charge in [0.05, 0.1) is 5.56 Å². The van der Waals surface area contributed by atoms with Crippen LogP contribution < -0.4 is 9.64 Å². The molecular formula is C35H25F4NO3. The van der Waals surface area contributed by atoms with Gasteiger partial charge in [-0.25, -0.2) is 22.4 Å². The van der Waals surface area contributed by atoms with Crippen molar-refractivity contribution in [3.63, 3.8) is 0 Å². The van der Waals surface area contributed by atoms with E-state index in [1.165, 1.54) is 5.56 Å². The number of fused-ring (bicyclic) bond motifs is 9. The van der Waals surface area contributed by atoms with Gasteiger partial charge in [0.2, 0.25) is 0 Å². The number of hydrogen-bond acceptors (Lipinski definition) is 4. The van der Waals surface area contributed by atoms with Gasteiger partial charge in [0.25, 0.3) is 0 Å². The Kier molecular flexibility index (Phi) is 5.15. The third kappa shape index (κ3) is 3.29. The number of carbonyl (C=O) groups excluding carboxylic acids is 1. The highest BCUT2D eigenvalue weighted by Gasteiger charge is 2.58. The summed E-state index contributed by atoms with van der Waals surface area (Å²) in [4.78, 5) is 15.4. The van der Waals surface area contributed by atoms with E-state index in [9.17, 15) is 13.6 Å². The molecule has 1 unspecified atom stereocenters. The van der Waals surface area contributed by atoms with E-state index < -0.39 is 46.0 Å². The van der Waals surface area contributed by atoms with Gasteiger partial charge in [-0.3, -0.25) is 0 Å². The molecule has 0 saturated heterocycles. The van der Waals surface area contributed by atoms with Gasteiger partial charge in [-0.05, 0) is 49.1 Å². The highest BCUT2D eigenvalue weighted by atomic mass is 19.2. The molecule has 4 nitrogen and oxygen atoms in total. The predicted octanol–water partition coefficient (Wildman–Crippen LogP) is 8.51. The minimum Gasteiger partial charge on any atom is -0.456 e. The average Bonchev–Trinajstić information content (AvgIpc) is 3.45. The van der Waals surface area contributed by atoms with Crippen LogP contribution in [0.25, 0.3) is 6.08 Å². The summed E-state index contributed by atoms with van der Waals surface area (Å²) in [5.74, 6) is -8.29. The van der Waals surface area contributed by atoms with Crippen LogP contribution in [0.3, 0.4) is 0 Å². The first-order valence-electron chi connectivity index (χ1n) is 14.2. The van der Waals surface area contributed by atoms with Gasteiger partial charge in [0.1, 0.15) is 17.1 Å². The van der Waals surface area contributed by atoms with Crippen LogP contribution in [0.5, 0.6) is 11.5 Å². The SMILES string of the molecule is Cc1ccc2c(c1)C(C)(C)CN2c1ccc2c(c1)Oc1c(ccc3c1C=CCC3)C21OC(=O)c2c(F)c(F)c(F)c(F)c21. The minimum atomic E-state index is -2.10. The lowest BCUT2D eigenvalue weighted by atomic mass is 9.75. The lowest BCUT2D eigenvalue weighted by Gasteiger charge is -2.38. The van der Waals surface area contributed by atoms with Crippen LogP contribution in [0.15, 0.2) is 54.6 Å². The van der Waals surface area contributed by atoms with Crippen LogP contribution in [-0.4, -0.2) is 12.5 Å². The lowest BCUT2D eigenvalue weighted by molar-refractivity contribution is 0.0215. The molecule has 0 radical (unpaired) electrons. The molecule has 0 amide bonds. The maximum Gasteiger partial charge on any atom is 0.343 e. The van der Waals surface area contributed by atoms with Crippen molar-refractivity contribution in [1.82, 2.24) is 0 Å². The molecule has 1 atom stereocenters. The Balaban J connectivity index is 1.41. The summed E-state index contributed by atoms with van der Waals surface area (Å²) in [6.45, 7) is 7.07. The summed E-state index contributed by atoms with van der Waals surface area (Å²) in [6, 6.07) is 14.9.